The van der Waals surface area contributed by atoms with Gasteiger partial charge in [-0.05, 0) is 38.8 Å². The molecule has 1 saturated heterocycles. The topological polar surface area (TPSA) is 92.1 Å². The van der Waals surface area contributed by atoms with Gasteiger partial charge in [0, 0.05) is 42.3 Å². The zero-order valence-corrected chi connectivity index (χ0v) is 14.4. The third kappa shape index (κ3) is 3.11. The number of carbonyl (C=O) groups is 1. The van der Waals surface area contributed by atoms with Gasteiger partial charge in [-0.15, -0.1) is 5.10 Å². The van der Waals surface area contributed by atoms with Gasteiger partial charge in [0.25, 0.3) is 5.78 Å². The quantitative estimate of drug-likeness (QED) is 0.779. The summed E-state index contributed by atoms with van der Waals surface area (Å²) in [6, 6.07) is 3.94. The molecule has 4 rings (SSSR count). The summed E-state index contributed by atoms with van der Waals surface area (Å²) in [5.41, 5.74) is 2.96. The molecule has 3 aromatic rings. The van der Waals surface area contributed by atoms with E-state index in [0.29, 0.717) is 24.1 Å². The normalized spacial score (nSPS) is 18.0. The summed E-state index contributed by atoms with van der Waals surface area (Å²) in [7, 11) is 0. The molecular formula is C17H21N7O. The van der Waals surface area contributed by atoms with E-state index in [0.717, 1.165) is 36.5 Å². The number of H-pyrrole nitrogens is 1. The first-order chi connectivity index (χ1) is 12.1. The highest BCUT2D eigenvalue weighted by Crippen LogP contribution is 2.25. The SMILES string of the molecule is Cc1cc(C)n2nc(CC(=O)N3CCC[C@H](c4ccn[nH]4)C3)nc2n1. The van der Waals surface area contributed by atoms with Gasteiger partial charge in [-0.3, -0.25) is 9.89 Å². The molecule has 1 fully saturated rings. The molecule has 4 heterocycles. The molecule has 25 heavy (non-hydrogen) atoms. The van der Waals surface area contributed by atoms with Crippen molar-refractivity contribution in [3.63, 3.8) is 0 Å². The number of rotatable bonds is 3. The summed E-state index contributed by atoms with van der Waals surface area (Å²) in [4.78, 5) is 23.4. The number of carbonyl (C=O) groups excluding carboxylic acids is 1. The van der Waals surface area contributed by atoms with E-state index in [9.17, 15) is 4.79 Å². The predicted molar refractivity (Wildman–Crippen MR) is 91.1 cm³/mol. The van der Waals surface area contributed by atoms with E-state index in [-0.39, 0.29) is 12.3 Å². The van der Waals surface area contributed by atoms with Crippen LogP contribution in [0, 0.1) is 13.8 Å². The highest BCUT2D eigenvalue weighted by molar-refractivity contribution is 5.78. The Morgan fingerprint density at radius 2 is 2.24 bits per heavy atom. The van der Waals surface area contributed by atoms with Crippen molar-refractivity contribution in [3.8, 4) is 0 Å². The first-order valence-electron chi connectivity index (χ1n) is 8.57. The summed E-state index contributed by atoms with van der Waals surface area (Å²) < 4.78 is 1.69. The maximum atomic E-state index is 12.7. The van der Waals surface area contributed by atoms with E-state index >= 15 is 0 Å². The van der Waals surface area contributed by atoms with Crippen molar-refractivity contribution in [1.29, 1.82) is 0 Å². The fourth-order valence-electron chi connectivity index (χ4n) is 3.48. The minimum absolute atomic E-state index is 0.0643. The highest BCUT2D eigenvalue weighted by Gasteiger charge is 2.26. The predicted octanol–water partition coefficient (Wildman–Crippen LogP) is 1.41. The Balaban J connectivity index is 1.49. The Morgan fingerprint density at radius 3 is 3.04 bits per heavy atom. The molecule has 1 aliphatic rings. The van der Waals surface area contributed by atoms with E-state index in [4.69, 9.17) is 0 Å². The van der Waals surface area contributed by atoms with Gasteiger partial charge in [-0.1, -0.05) is 0 Å². The van der Waals surface area contributed by atoms with Gasteiger partial charge in [0.05, 0.1) is 6.42 Å². The van der Waals surface area contributed by atoms with Crippen molar-refractivity contribution < 1.29 is 4.79 Å². The Morgan fingerprint density at radius 1 is 1.36 bits per heavy atom. The van der Waals surface area contributed by atoms with E-state index in [2.05, 4.69) is 25.3 Å². The van der Waals surface area contributed by atoms with Crippen molar-refractivity contribution in [2.24, 2.45) is 0 Å². The summed E-state index contributed by atoms with van der Waals surface area (Å²) in [6.07, 6.45) is 4.03. The van der Waals surface area contributed by atoms with Crippen LogP contribution >= 0.6 is 0 Å². The largest absolute Gasteiger partial charge is 0.342 e. The van der Waals surface area contributed by atoms with Crippen molar-refractivity contribution in [2.75, 3.05) is 13.1 Å². The van der Waals surface area contributed by atoms with Crippen LogP contribution in [0.15, 0.2) is 18.3 Å². The minimum Gasteiger partial charge on any atom is -0.342 e. The van der Waals surface area contributed by atoms with Crippen LogP contribution in [0.25, 0.3) is 5.78 Å². The molecule has 8 heteroatoms. The van der Waals surface area contributed by atoms with Gasteiger partial charge < -0.3 is 4.90 Å². The molecule has 0 spiro atoms. The molecule has 1 amide bonds. The number of hydrogen-bond donors (Lipinski definition) is 1. The monoisotopic (exact) mass is 339 g/mol. The highest BCUT2D eigenvalue weighted by atomic mass is 16.2. The number of nitrogens with zero attached hydrogens (tertiary/aromatic N) is 6. The van der Waals surface area contributed by atoms with Gasteiger partial charge in [0.15, 0.2) is 5.82 Å². The zero-order valence-electron chi connectivity index (χ0n) is 14.4. The molecule has 0 unspecified atom stereocenters. The van der Waals surface area contributed by atoms with Crippen LogP contribution in [0.3, 0.4) is 0 Å². The number of likely N-dealkylation sites (tertiary alicyclic amines) is 1. The van der Waals surface area contributed by atoms with Crippen LogP contribution in [-0.4, -0.2) is 53.7 Å². The van der Waals surface area contributed by atoms with E-state index in [1.165, 1.54) is 0 Å². The lowest BCUT2D eigenvalue weighted by Gasteiger charge is -2.32. The fourth-order valence-corrected chi connectivity index (χ4v) is 3.48. The third-order valence-electron chi connectivity index (χ3n) is 4.71. The van der Waals surface area contributed by atoms with Crippen LogP contribution in [0.1, 0.15) is 41.7 Å². The third-order valence-corrected chi connectivity index (χ3v) is 4.71. The summed E-state index contributed by atoms with van der Waals surface area (Å²) in [6.45, 7) is 5.38. The summed E-state index contributed by atoms with van der Waals surface area (Å²) in [5.74, 6) is 1.46. The average Bonchev–Trinajstić information content (AvgIpc) is 3.24. The second-order valence-corrected chi connectivity index (χ2v) is 6.65. The van der Waals surface area contributed by atoms with Crippen molar-refractivity contribution in [1.82, 2.24) is 34.7 Å². The van der Waals surface area contributed by atoms with Crippen LogP contribution in [0.5, 0.6) is 0 Å². The summed E-state index contributed by atoms with van der Waals surface area (Å²) in [5, 5.41) is 11.5. The van der Waals surface area contributed by atoms with Gasteiger partial charge in [-0.2, -0.15) is 10.1 Å². The van der Waals surface area contributed by atoms with E-state index in [1.54, 1.807) is 10.7 Å². The first kappa shape index (κ1) is 15.7. The van der Waals surface area contributed by atoms with Gasteiger partial charge in [-0.25, -0.2) is 9.50 Å². The van der Waals surface area contributed by atoms with Crippen LogP contribution in [0.2, 0.25) is 0 Å². The molecule has 130 valence electrons. The molecule has 0 bridgehead atoms. The Bertz CT molecular complexity index is 899. The Hall–Kier alpha value is -2.77. The van der Waals surface area contributed by atoms with E-state index in [1.807, 2.05) is 30.9 Å². The van der Waals surface area contributed by atoms with Gasteiger partial charge in [0.2, 0.25) is 5.91 Å². The smallest absolute Gasteiger partial charge is 0.252 e. The van der Waals surface area contributed by atoms with Crippen molar-refractivity contribution in [3.05, 3.63) is 41.2 Å². The molecule has 8 nitrogen and oxygen atoms in total. The van der Waals surface area contributed by atoms with Crippen LogP contribution in [0.4, 0.5) is 0 Å². The maximum Gasteiger partial charge on any atom is 0.252 e. The van der Waals surface area contributed by atoms with Crippen LogP contribution < -0.4 is 0 Å². The second-order valence-electron chi connectivity index (χ2n) is 6.65. The molecule has 1 aliphatic heterocycles. The van der Waals surface area contributed by atoms with Crippen molar-refractivity contribution >= 4 is 11.7 Å². The fraction of sp³-hybridized carbons (Fsp3) is 0.471. The molecule has 0 aromatic carbocycles. The molecule has 1 N–H and O–H groups in total. The standard InChI is InChI=1S/C17H21N7O/c1-11-8-12(2)24-17(19-11)20-15(22-24)9-16(25)23-7-3-4-13(10-23)14-5-6-18-21-14/h5-6,8,13H,3-4,7,9-10H2,1-2H3,(H,18,21)/t13-/m0/s1. The number of aryl methyl sites for hydroxylation is 2. The number of piperidine rings is 1. The molecule has 0 aliphatic carbocycles. The molecular weight excluding hydrogens is 318 g/mol. The lowest BCUT2D eigenvalue weighted by atomic mass is 9.95. The lowest BCUT2D eigenvalue weighted by molar-refractivity contribution is -0.131. The average molecular weight is 339 g/mol. The Labute approximate surface area is 145 Å². The zero-order chi connectivity index (χ0) is 17.4. The molecule has 1 atom stereocenters. The minimum atomic E-state index is 0.0643. The first-order valence-corrected chi connectivity index (χ1v) is 8.57. The number of amides is 1. The number of fused-ring (bicyclic) bond motifs is 1. The van der Waals surface area contributed by atoms with Crippen molar-refractivity contribution in [2.45, 2.75) is 39.0 Å². The Kier molecular flexibility index (Phi) is 3.95. The molecule has 0 radical (unpaired) electrons. The second kappa shape index (κ2) is 6.27. The number of aromatic amines is 1. The number of hydrogen-bond acceptors (Lipinski definition) is 5. The maximum absolute atomic E-state index is 12.7. The number of nitrogens with one attached hydrogen (secondary N) is 1. The summed E-state index contributed by atoms with van der Waals surface area (Å²) >= 11 is 0. The van der Waals surface area contributed by atoms with Gasteiger partial charge >= 0.3 is 0 Å². The number of aromatic nitrogens is 6. The molecule has 3 aromatic heterocycles. The lowest BCUT2D eigenvalue weighted by Crippen LogP contribution is -2.40. The van der Waals surface area contributed by atoms with E-state index < -0.39 is 0 Å². The van der Waals surface area contributed by atoms with Gasteiger partial charge in [0.1, 0.15) is 0 Å². The molecule has 0 saturated carbocycles. The van der Waals surface area contributed by atoms with Crippen LogP contribution in [-0.2, 0) is 11.2 Å².